The molecule has 0 radical (unpaired) electrons. The Kier molecular flexibility index (Phi) is 7.83. The Morgan fingerprint density at radius 2 is 2.19 bits per heavy atom. The van der Waals surface area contributed by atoms with E-state index in [0.29, 0.717) is 6.54 Å². The first-order valence-corrected chi connectivity index (χ1v) is 9.96. The van der Waals surface area contributed by atoms with E-state index in [1.54, 1.807) is 11.3 Å². The number of urea groups is 1. The summed E-state index contributed by atoms with van der Waals surface area (Å²) in [6.45, 7) is 7.01. The van der Waals surface area contributed by atoms with Crippen LogP contribution >= 0.6 is 35.3 Å². The van der Waals surface area contributed by atoms with Crippen LogP contribution in [0.4, 0.5) is 4.79 Å². The minimum absolute atomic E-state index is 0. The van der Waals surface area contributed by atoms with Gasteiger partial charge >= 0.3 is 6.03 Å². The number of likely N-dealkylation sites (tertiary alicyclic amines) is 1. The summed E-state index contributed by atoms with van der Waals surface area (Å²) in [6.07, 6.45) is 4.33. The maximum atomic E-state index is 12.1. The van der Waals surface area contributed by atoms with Crippen molar-refractivity contribution in [2.24, 2.45) is 10.9 Å². The van der Waals surface area contributed by atoms with Crippen LogP contribution < -0.4 is 16.0 Å². The monoisotopic (exact) mass is 506 g/mol. The minimum atomic E-state index is -0.802. The minimum Gasteiger partial charge on any atom is -0.357 e. The van der Waals surface area contributed by atoms with E-state index >= 15 is 0 Å². The number of rotatable bonds is 5. The second-order valence-corrected chi connectivity index (χ2v) is 7.76. The number of hydrogen-bond acceptors (Lipinski definition) is 5. The number of thiazole rings is 1. The lowest BCUT2D eigenvalue weighted by molar-refractivity contribution is -0.125. The first-order valence-electron chi connectivity index (χ1n) is 9.08. The lowest BCUT2D eigenvalue weighted by Crippen LogP contribution is -2.55. The summed E-state index contributed by atoms with van der Waals surface area (Å²) >= 11 is 1.65. The van der Waals surface area contributed by atoms with Gasteiger partial charge in [0.05, 0.1) is 5.01 Å². The Bertz CT molecular complexity index is 675. The molecule has 0 aromatic carbocycles. The molecule has 1 aromatic rings. The molecule has 150 valence electrons. The first-order chi connectivity index (χ1) is 12.5. The van der Waals surface area contributed by atoms with Crippen LogP contribution in [-0.2, 0) is 11.2 Å². The molecule has 27 heavy (non-hydrogen) atoms. The molecule has 8 nitrogen and oxygen atoms in total. The van der Waals surface area contributed by atoms with Crippen molar-refractivity contribution in [1.29, 1.82) is 0 Å². The van der Waals surface area contributed by atoms with Gasteiger partial charge in [-0.05, 0) is 32.6 Å². The van der Waals surface area contributed by atoms with Gasteiger partial charge in [0, 0.05) is 44.2 Å². The number of aromatic nitrogens is 1. The van der Waals surface area contributed by atoms with Crippen LogP contribution in [0.15, 0.2) is 16.6 Å². The summed E-state index contributed by atoms with van der Waals surface area (Å²) in [6, 6.07) is -0.392. The van der Waals surface area contributed by atoms with E-state index in [1.807, 2.05) is 18.5 Å². The van der Waals surface area contributed by atoms with Gasteiger partial charge in [0.2, 0.25) is 0 Å². The van der Waals surface area contributed by atoms with Crippen LogP contribution in [0.2, 0.25) is 0 Å². The van der Waals surface area contributed by atoms with E-state index in [9.17, 15) is 9.59 Å². The zero-order valence-corrected chi connectivity index (χ0v) is 18.8. The molecule has 3 N–H and O–H groups in total. The summed E-state index contributed by atoms with van der Waals surface area (Å²) < 4.78 is 0. The fourth-order valence-electron chi connectivity index (χ4n) is 3.57. The number of imide groups is 1. The van der Waals surface area contributed by atoms with Gasteiger partial charge in [-0.2, -0.15) is 0 Å². The number of amides is 3. The standard InChI is InChI=1S/C17H26N6O2S.HI/c1-3-18-15(20-7-4-13-19-8-11-26-13)23-9-5-12(6-10-23)17(2)14(24)21-16(25)22-17;/h8,11-12H,3-7,9-10H2,1-2H3,(H,18,20)(H2,21,22,24,25);1H. The van der Waals surface area contributed by atoms with E-state index in [1.165, 1.54) is 0 Å². The molecule has 3 rings (SSSR count). The van der Waals surface area contributed by atoms with Crippen molar-refractivity contribution in [3.05, 3.63) is 16.6 Å². The van der Waals surface area contributed by atoms with Gasteiger partial charge in [0.1, 0.15) is 5.54 Å². The highest BCUT2D eigenvalue weighted by Crippen LogP contribution is 2.30. The average Bonchev–Trinajstić information content (AvgIpc) is 3.23. The maximum absolute atomic E-state index is 12.1. The normalized spacial score (nSPS) is 23.6. The molecule has 0 saturated carbocycles. The Morgan fingerprint density at radius 3 is 2.74 bits per heavy atom. The molecule has 0 bridgehead atoms. The van der Waals surface area contributed by atoms with Gasteiger partial charge in [-0.3, -0.25) is 15.1 Å². The van der Waals surface area contributed by atoms with Crippen LogP contribution in [0.1, 0.15) is 31.7 Å². The van der Waals surface area contributed by atoms with Crippen molar-refractivity contribution in [2.45, 2.75) is 38.6 Å². The molecule has 1 unspecified atom stereocenters. The molecule has 1 aromatic heterocycles. The highest BCUT2D eigenvalue weighted by molar-refractivity contribution is 14.0. The predicted octanol–water partition coefficient (Wildman–Crippen LogP) is 1.58. The third-order valence-corrected chi connectivity index (χ3v) is 5.93. The summed E-state index contributed by atoms with van der Waals surface area (Å²) in [5, 5.41) is 11.6. The molecule has 0 aliphatic carbocycles. The highest BCUT2D eigenvalue weighted by Gasteiger charge is 2.48. The summed E-state index contributed by atoms with van der Waals surface area (Å²) in [5.41, 5.74) is -0.802. The Balaban J connectivity index is 0.00000261. The van der Waals surface area contributed by atoms with Gasteiger partial charge in [-0.15, -0.1) is 35.3 Å². The molecule has 0 spiro atoms. The number of hydrogen-bond donors (Lipinski definition) is 3. The quantitative estimate of drug-likeness (QED) is 0.244. The Labute approximate surface area is 180 Å². The number of nitrogens with zero attached hydrogens (tertiary/aromatic N) is 3. The van der Waals surface area contributed by atoms with Crippen molar-refractivity contribution < 1.29 is 9.59 Å². The molecule has 2 aliphatic rings. The largest absolute Gasteiger partial charge is 0.357 e. The Hall–Kier alpha value is -1.43. The summed E-state index contributed by atoms with van der Waals surface area (Å²) in [7, 11) is 0. The molecule has 1 atom stereocenters. The molecular formula is C17H27IN6O2S. The van der Waals surface area contributed by atoms with Crippen LogP contribution in [0.5, 0.6) is 0 Å². The van der Waals surface area contributed by atoms with Crippen LogP contribution in [0.25, 0.3) is 0 Å². The molecule has 10 heteroatoms. The van der Waals surface area contributed by atoms with Gasteiger partial charge in [-0.25, -0.2) is 9.78 Å². The summed E-state index contributed by atoms with van der Waals surface area (Å²) in [5.74, 6) is 0.820. The molecule has 2 fully saturated rings. The fraction of sp³-hybridized carbons (Fsp3) is 0.647. The summed E-state index contributed by atoms with van der Waals surface area (Å²) in [4.78, 5) is 34.9. The smallest absolute Gasteiger partial charge is 0.322 e. The van der Waals surface area contributed by atoms with Crippen molar-refractivity contribution in [3.63, 3.8) is 0 Å². The van der Waals surface area contributed by atoms with E-state index in [0.717, 1.165) is 49.9 Å². The van der Waals surface area contributed by atoms with Gasteiger partial charge in [0.25, 0.3) is 5.91 Å². The average molecular weight is 506 g/mol. The SMILES string of the molecule is CCNC(=NCCc1nccs1)N1CCC(C2(C)NC(=O)NC2=O)CC1.I. The van der Waals surface area contributed by atoms with Crippen LogP contribution in [-0.4, -0.2) is 59.5 Å². The lowest BCUT2D eigenvalue weighted by Gasteiger charge is -2.39. The van der Waals surface area contributed by atoms with E-state index in [-0.39, 0.29) is 35.8 Å². The number of guanidine groups is 1. The number of halogens is 1. The van der Waals surface area contributed by atoms with Crippen molar-refractivity contribution >= 4 is 53.2 Å². The number of aliphatic imine (C=N–C) groups is 1. The third kappa shape index (κ3) is 5.09. The number of carbonyl (C=O) groups excluding carboxylic acids is 2. The number of carbonyl (C=O) groups is 2. The molecular weight excluding hydrogens is 479 g/mol. The van der Waals surface area contributed by atoms with E-state index in [4.69, 9.17) is 4.99 Å². The van der Waals surface area contributed by atoms with Crippen molar-refractivity contribution in [2.75, 3.05) is 26.2 Å². The third-order valence-electron chi connectivity index (χ3n) is 5.09. The van der Waals surface area contributed by atoms with Crippen molar-refractivity contribution in [3.8, 4) is 0 Å². The molecule has 2 saturated heterocycles. The fourth-order valence-corrected chi connectivity index (χ4v) is 4.18. The second-order valence-electron chi connectivity index (χ2n) is 6.78. The molecule has 2 aliphatic heterocycles. The molecule has 3 heterocycles. The zero-order chi connectivity index (χ0) is 18.6. The van der Waals surface area contributed by atoms with Crippen LogP contribution in [0, 0.1) is 5.92 Å². The van der Waals surface area contributed by atoms with Gasteiger partial charge in [-0.1, -0.05) is 0 Å². The lowest BCUT2D eigenvalue weighted by atomic mass is 9.79. The predicted molar refractivity (Wildman–Crippen MR) is 117 cm³/mol. The number of nitrogens with one attached hydrogen (secondary N) is 3. The van der Waals surface area contributed by atoms with Crippen molar-refractivity contribution in [1.82, 2.24) is 25.8 Å². The molecule has 3 amide bonds. The van der Waals surface area contributed by atoms with E-state index in [2.05, 4.69) is 32.8 Å². The Morgan fingerprint density at radius 1 is 1.44 bits per heavy atom. The van der Waals surface area contributed by atoms with Gasteiger partial charge in [0.15, 0.2) is 5.96 Å². The topological polar surface area (TPSA) is 98.7 Å². The van der Waals surface area contributed by atoms with Crippen LogP contribution in [0.3, 0.4) is 0 Å². The maximum Gasteiger partial charge on any atom is 0.322 e. The van der Waals surface area contributed by atoms with E-state index < -0.39 is 11.6 Å². The first kappa shape index (κ1) is 21.9. The van der Waals surface area contributed by atoms with Gasteiger partial charge < -0.3 is 15.5 Å². The number of piperidine rings is 1. The zero-order valence-electron chi connectivity index (χ0n) is 15.7. The second kappa shape index (κ2) is 9.67. The highest BCUT2D eigenvalue weighted by atomic mass is 127.